The molecule has 9 heteroatoms. The first-order chi connectivity index (χ1) is 12.1. The Morgan fingerprint density at radius 1 is 1.15 bits per heavy atom. The van der Waals surface area contributed by atoms with Gasteiger partial charge in [-0.3, -0.25) is 14.9 Å². The molecule has 2 aromatic carbocycles. The van der Waals surface area contributed by atoms with E-state index in [1.165, 1.54) is 24.3 Å². The minimum atomic E-state index is -1.89. The Morgan fingerprint density at radius 2 is 1.81 bits per heavy atom. The molecule has 0 fully saturated rings. The van der Waals surface area contributed by atoms with E-state index in [1.54, 1.807) is 0 Å². The van der Waals surface area contributed by atoms with Crippen LogP contribution in [0.15, 0.2) is 42.5 Å². The Morgan fingerprint density at radius 3 is 2.42 bits per heavy atom. The van der Waals surface area contributed by atoms with Crippen molar-refractivity contribution >= 4 is 52.1 Å². The first-order valence-electron chi connectivity index (χ1n) is 7.54. The maximum Gasteiger partial charge on any atom is 0.282 e. The number of benzene rings is 2. The smallest absolute Gasteiger partial charge is 0.282 e. The lowest BCUT2D eigenvalue weighted by Crippen LogP contribution is -2.49. The molecule has 0 aliphatic heterocycles. The van der Waals surface area contributed by atoms with Crippen LogP contribution in [0.5, 0.6) is 0 Å². The molecule has 0 aliphatic rings. The number of nitro benzene ring substituents is 1. The number of nitrogens with zero attached hydrogens (tertiary/aromatic N) is 1. The van der Waals surface area contributed by atoms with Crippen LogP contribution in [0.1, 0.15) is 21.5 Å². The Labute approximate surface area is 165 Å². The largest absolute Gasteiger partial charge is 0.362 e. The number of aryl methyl sites for hydroxylation is 2. The van der Waals surface area contributed by atoms with Gasteiger partial charge in [-0.05, 0) is 37.1 Å². The summed E-state index contributed by atoms with van der Waals surface area (Å²) in [5, 5.41) is 16.6. The fraction of sp³-hybridized carbons (Fsp3) is 0.235. The zero-order chi connectivity index (χ0) is 19.5. The zero-order valence-electron chi connectivity index (χ0n) is 13.9. The second kappa shape index (κ2) is 8.12. The molecule has 0 unspecified atom stereocenters. The fourth-order valence-corrected chi connectivity index (χ4v) is 2.61. The first kappa shape index (κ1) is 20.3. The van der Waals surface area contributed by atoms with Crippen LogP contribution in [-0.2, 0) is 0 Å². The maximum absolute atomic E-state index is 12.5. The number of halogens is 3. The molecule has 0 aromatic heterocycles. The Balaban J connectivity index is 2.31. The highest BCUT2D eigenvalue weighted by atomic mass is 35.6. The van der Waals surface area contributed by atoms with E-state index in [0.29, 0.717) is 5.69 Å². The molecule has 0 saturated heterocycles. The number of nitro groups is 1. The minimum absolute atomic E-state index is 0.125. The van der Waals surface area contributed by atoms with E-state index < -0.39 is 20.8 Å². The molecule has 0 saturated carbocycles. The highest BCUT2D eigenvalue weighted by Crippen LogP contribution is 2.32. The van der Waals surface area contributed by atoms with Crippen molar-refractivity contribution < 1.29 is 9.72 Å². The number of para-hydroxylation sites is 1. The van der Waals surface area contributed by atoms with Gasteiger partial charge in [0.1, 0.15) is 11.7 Å². The number of amides is 1. The average Bonchev–Trinajstić information content (AvgIpc) is 2.56. The predicted molar refractivity (Wildman–Crippen MR) is 104 cm³/mol. The summed E-state index contributed by atoms with van der Waals surface area (Å²) >= 11 is 18.0. The lowest BCUT2D eigenvalue weighted by Gasteiger charge is -2.28. The average molecular weight is 417 g/mol. The highest BCUT2D eigenvalue weighted by Gasteiger charge is 2.35. The predicted octanol–water partition coefficient (Wildman–Crippen LogP) is 4.75. The molecule has 0 spiro atoms. The van der Waals surface area contributed by atoms with Crippen LogP contribution < -0.4 is 10.6 Å². The van der Waals surface area contributed by atoms with Crippen LogP contribution >= 0.6 is 34.8 Å². The van der Waals surface area contributed by atoms with E-state index in [2.05, 4.69) is 10.6 Å². The number of rotatable bonds is 5. The topological polar surface area (TPSA) is 84.3 Å². The van der Waals surface area contributed by atoms with Gasteiger partial charge in [0, 0.05) is 11.8 Å². The second-order valence-corrected chi connectivity index (χ2v) is 8.05. The van der Waals surface area contributed by atoms with Crippen molar-refractivity contribution in [2.45, 2.75) is 23.8 Å². The molecule has 2 aromatic rings. The highest BCUT2D eigenvalue weighted by molar-refractivity contribution is 6.68. The number of hydrogen-bond donors (Lipinski definition) is 2. The van der Waals surface area contributed by atoms with Gasteiger partial charge in [-0.15, -0.1) is 0 Å². The van der Waals surface area contributed by atoms with E-state index in [-0.39, 0.29) is 11.3 Å². The lowest BCUT2D eigenvalue weighted by atomic mass is 10.1. The van der Waals surface area contributed by atoms with E-state index in [1.807, 2.05) is 32.0 Å². The van der Waals surface area contributed by atoms with Crippen LogP contribution in [0.3, 0.4) is 0 Å². The van der Waals surface area contributed by atoms with E-state index in [4.69, 9.17) is 34.8 Å². The molecule has 138 valence electrons. The number of carbonyl (C=O) groups excluding carboxylic acids is 1. The van der Waals surface area contributed by atoms with Gasteiger partial charge >= 0.3 is 0 Å². The molecule has 1 atom stereocenters. The molecule has 26 heavy (non-hydrogen) atoms. The quantitative estimate of drug-likeness (QED) is 0.319. The summed E-state index contributed by atoms with van der Waals surface area (Å²) in [7, 11) is 0. The van der Waals surface area contributed by atoms with Gasteiger partial charge in [-0.1, -0.05) is 59.1 Å². The summed E-state index contributed by atoms with van der Waals surface area (Å²) in [6.45, 7) is 3.77. The van der Waals surface area contributed by atoms with Gasteiger partial charge in [-0.25, -0.2) is 0 Å². The van der Waals surface area contributed by atoms with Gasteiger partial charge in [-0.2, -0.15) is 0 Å². The summed E-state index contributed by atoms with van der Waals surface area (Å²) < 4.78 is -1.89. The number of nitrogens with one attached hydrogen (secondary N) is 2. The molecule has 0 radical (unpaired) electrons. The van der Waals surface area contributed by atoms with Crippen LogP contribution in [0.25, 0.3) is 0 Å². The van der Waals surface area contributed by atoms with E-state index in [0.717, 1.165) is 11.1 Å². The van der Waals surface area contributed by atoms with Gasteiger partial charge < -0.3 is 10.6 Å². The van der Waals surface area contributed by atoms with E-state index >= 15 is 0 Å². The summed E-state index contributed by atoms with van der Waals surface area (Å²) in [5.74, 6) is -0.730. The van der Waals surface area contributed by atoms with Gasteiger partial charge in [0.15, 0.2) is 0 Å². The van der Waals surface area contributed by atoms with Crippen molar-refractivity contribution in [3.05, 3.63) is 69.3 Å². The van der Waals surface area contributed by atoms with Gasteiger partial charge in [0.2, 0.25) is 3.79 Å². The van der Waals surface area contributed by atoms with Gasteiger partial charge in [0.25, 0.3) is 11.6 Å². The normalized spacial score (nSPS) is 12.3. The number of carbonyl (C=O) groups is 1. The monoisotopic (exact) mass is 415 g/mol. The Bertz CT molecular complexity index is 837. The second-order valence-electron chi connectivity index (χ2n) is 5.69. The third-order valence-corrected chi connectivity index (χ3v) is 4.30. The third kappa shape index (κ3) is 5.00. The summed E-state index contributed by atoms with van der Waals surface area (Å²) in [4.78, 5) is 23.0. The molecular weight excluding hydrogens is 401 g/mol. The van der Waals surface area contributed by atoms with Crippen LogP contribution in [0.4, 0.5) is 11.4 Å². The Kier molecular flexibility index (Phi) is 6.34. The summed E-state index contributed by atoms with van der Waals surface area (Å²) in [6.07, 6.45) is -1.11. The van der Waals surface area contributed by atoms with Crippen molar-refractivity contribution in [1.29, 1.82) is 0 Å². The number of alkyl halides is 3. The van der Waals surface area contributed by atoms with Crippen LogP contribution in [0, 0.1) is 24.0 Å². The van der Waals surface area contributed by atoms with Crippen molar-refractivity contribution in [1.82, 2.24) is 5.32 Å². The molecule has 6 nitrogen and oxygen atoms in total. The fourth-order valence-electron chi connectivity index (χ4n) is 2.28. The standard InChI is InChI=1S/C17H16Cl3N3O3/c1-10-7-8-11(2)13(9-10)21-16(17(18,19)20)22-15(24)12-5-3-4-6-14(12)23(25)26/h3-9,16,21H,1-2H3,(H,22,24)/t16-/m1/s1. The van der Waals surface area contributed by atoms with Crippen molar-refractivity contribution in [3.63, 3.8) is 0 Å². The zero-order valence-corrected chi connectivity index (χ0v) is 16.2. The maximum atomic E-state index is 12.5. The summed E-state index contributed by atoms with van der Waals surface area (Å²) in [6, 6.07) is 11.2. The molecular formula is C17H16Cl3N3O3. The number of anilines is 1. The molecule has 1 amide bonds. The molecule has 0 aliphatic carbocycles. The third-order valence-electron chi connectivity index (χ3n) is 3.64. The Hall–Kier alpha value is -2.02. The molecule has 2 rings (SSSR count). The van der Waals surface area contributed by atoms with Crippen LogP contribution in [-0.4, -0.2) is 20.8 Å². The van der Waals surface area contributed by atoms with Crippen molar-refractivity contribution in [3.8, 4) is 0 Å². The minimum Gasteiger partial charge on any atom is -0.362 e. The van der Waals surface area contributed by atoms with E-state index in [9.17, 15) is 14.9 Å². The molecule has 2 N–H and O–H groups in total. The summed E-state index contributed by atoms with van der Waals surface area (Å²) in [5.41, 5.74) is 2.07. The SMILES string of the molecule is Cc1ccc(C)c(N[C@H](NC(=O)c2ccccc2[N+](=O)[O-])C(Cl)(Cl)Cl)c1. The lowest BCUT2D eigenvalue weighted by molar-refractivity contribution is -0.385. The first-order valence-corrected chi connectivity index (χ1v) is 8.68. The molecule has 0 bridgehead atoms. The van der Waals surface area contributed by atoms with Gasteiger partial charge in [0.05, 0.1) is 4.92 Å². The van der Waals surface area contributed by atoms with Crippen molar-refractivity contribution in [2.24, 2.45) is 0 Å². The van der Waals surface area contributed by atoms with Crippen LogP contribution in [0.2, 0.25) is 0 Å². The molecule has 0 heterocycles. The number of hydrogen-bond acceptors (Lipinski definition) is 4. The van der Waals surface area contributed by atoms with Crippen molar-refractivity contribution in [2.75, 3.05) is 5.32 Å².